The van der Waals surface area contributed by atoms with Crippen molar-refractivity contribution < 1.29 is 22.7 Å². The van der Waals surface area contributed by atoms with Gasteiger partial charge in [-0.15, -0.1) is 0 Å². The number of benzene rings is 2. The molecule has 116 valence electrons. The number of halogens is 4. The van der Waals surface area contributed by atoms with Gasteiger partial charge in [-0.1, -0.05) is 6.07 Å². The number of carbonyl (C=O) groups is 1. The van der Waals surface area contributed by atoms with Gasteiger partial charge < -0.3 is 4.74 Å². The highest BCUT2D eigenvalue weighted by Crippen LogP contribution is 2.23. The highest BCUT2D eigenvalue weighted by atomic mass is 127. The monoisotopic (exact) mass is 420 g/mol. The molecule has 0 aromatic heterocycles. The molecule has 0 unspecified atom stereocenters. The van der Waals surface area contributed by atoms with Crippen molar-refractivity contribution >= 4 is 28.4 Å². The van der Waals surface area contributed by atoms with Crippen LogP contribution in [0.15, 0.2) is 30.3 Å². The highest BCUT2D eigenvalue weighted by molar-refractivity contribution is 14.1. The molecule has 0 radical (unpaired) electrons. The molecule has 0 N–H and O–H groups in total. The van der Waals surface area contributed by atoms with Gasteiger partial charge >= 0.3 is 0 Å². The minimum absolute atomic E-state index is 0.00120. The van der Waals surface area contributed by atoms with E-state index in [2.05, 4.69) is 0 Å². The Labute approximate surface area is 139 Å². The molecule has 0 saturated heterocycles. The SMILES string of the molecule is COCC(=O)c1ccc(F)c(F)c1Cc1ccc(I)cc1F. The highest BCUT2D eigenvalue weighted by Gasteiger charge is 2.20. The summed E-state index contributed by atoms with van der Waals surface area (Å²) >= 11 is 1.95. The van der Waals surface area contributed by atoms with Gasteiger partial charge in [0.05, 0.1) is 0 Å². The Kier molecular flexibility index (Phi) is 5.57. The molecule has 2 aromatic carbocycles. The van der Waals surface area contributed by atoms with Crippen LogP contribution in [0.2, 0.25) is 0 Å². The van der Waals surface area contributed by atoms with Crippen molar-refractivity contribution in [3.05, 3.63) is 68.0 Å². The first-order chi connectivity index (χ1) is 10.4. The quantitative estimate of drug-likeness (QED) is 0.538. The molecule has 0 amide bonds. The summed E-state index contributed by atoms with van der Waals surface area (Å²) in [4.78, 5) is 11.9. The van der Waals surface area contributed by atoms with E-state index in [0.717, 1.165) is 6.07 Å². The smallest absolute Gasteiger partial charge is 0.188 e. The van der Waals surface area contributed by atoms with Gasteiger partial charge in [0.1, 0.15) is 12.4 Å². The number of methoxy groups -OCH3 is 1. The fourth-order valence-electron chi connectivity index (χ4n) is 2.09. The van der Waals surface area contributed by atoms with Crippen molar-refractivity contribution in [3.8, 4) is 0 Å². The molecule has 2 nitrogen and oxygen atoms in total. The topological polar surface area (TPSA) is 26.3 Å². The molecule has 0 fully saturated rings. The molecule has 22 heavy (non-hydrogen) atoms. The van der Waals surface area contributed by atoms with Crippen molar-refractivity contribution in [1.29, 1.82) is 0 Å². The van der Waals surface area contributed by atoms with Gasteiger partial charge in [0.25, 0.3) is 0 Å². The van der Waals surface area contributed by atoms with Crippen molar-refractivity contribution in [2.24, 2.45) is 0 Å². The molecule has 0 aliphatic rings. The molecule has 2 rings (SSSR count). The predicted molar refractivity (Wildman–Crippen MR) is 84.5 cm³/mol. The summed E-state index contributed by atoms with van der Waals surface area (Å²) in [5.74, 6) is -3.22. The minimum Gasteiger partial charge on any atom is -0.377 e. The lowest BCUT2D eigenvalue weighted by molar-refractivity contribution is 0.0846. The second-order valence-corrected chi connectivity index (χ2v) is 5.90. The summed E-state index contributed by atoms with van der Waals surface area (Å²) in [6.07, 6.45) is -0.211. The van der Waals surface area contributed by atoms with E-state index in [1.807, 2.05) is 22.6 Å². The maximum atomic E-state index is 14.1. The summed E-state index contributed by atoms with van der Waals surface area (Å²) in [6, 6.07) is 6.52. The molecule has 0 saturated carbocycles. The standard InChI is InChI=1S/C16H12F3IO2/c1-22-8-15(21)11-4-5-13(17)16(19)12(11)6-9-2-3-10(20)7-14(9)18/h2-5,7H,6,8H2,1H3. The third-order valence-corrected chi connectivity index (χ3v) is 3.83. The number of rotatable bonds is 5. The molecule has 0 aliphatic heterocycles. The molecule has 0 heterocycles. The van der Waals surface area contributed by atoms with Gasteiger partial charge in [-0.05, 0) is 52.4 Å². The lowest BCUT2D eigenvalue weighted by atomic mass is 9.96. The Balaban J connectivity index is 2.48. The van der Waals surface area contributed by atoms with Crippen LogP contribution in [0.25, 0.3) is 0 Å². The Morgan fingerprint density at radius 3 is 2.50 bits per heavy atom. The maximum absolute atomic E-state index is 14.1. The fourth-order valence-corrected chi connectivity index (χ4v) is 2.54. The Morgan fingerprint density at radius 1 is 1.14 bits per heavy atom. The lowest BCUT2D eigenvalue weighted by Gasteiger charge is -2.11. The molecule has 0 aliphatic carbocycles. The average Bonchev–Trinajstić information content (AvgIpc) is 2.46. The van der Waals surface area contributed by atoms with Crippen LogP contribution in [0.5, 0.6) is 0 Å². The summed E-state index contributed by atoms with van der Waals surface area (Å²) in [5, 5.41) is 0. The van der Waals surface area contributed by atoms with Gasteiger partial charge in [-0.3, -0.25) is 4.79 Å². The van der Waals surface area contributed by atoms with Crippen molar-refractivity contribution in [2.75, 3.05) is 13.7 Å². The normalized spacial score (nSPS) is 10.8. The summed E-state index contributed by atoms with van der Waals surface area (Å²) in [6.45, 7) is -0.257. The first-order valence-corrected chi connectivity index (χ1v) is 7.45. The van der Waals surface area contributed by atoms with E-state index in [9.17, 15) is 18.0 Å². The third-order valence-electron chi connectivity index (χ3n) is 3.15. The predicted octanol–water partition coefficient (Wildman–Crippen LogP) is 4.13. The second-order valence-electron chi connectivity index (χ2n) is 4.66. The van der Waals surface area contributed by atoms with E-state index in [0.29, 0.717) is 3.57 Å². The van der Waals surface area contributed by atoms with Crippen molar-refractivity contribution in [3.63, 3.8) is 0 Å². The van der Waals surface area contributed by atoms with Crippen LogP contribution in [0.3, 0.4) is 0 Å². The molecule has 2 aromatic rings. The number of ketones is 1. The van der Waals surface area contributed by atoms with Crippen LogP contribution in [-0.4, -0.2) is 19.5 Å². The van der Waals surface area contributed by atoms with Gasteiger partial charge in [0.15, 0.2) is 17.4 Å². The van der Waals surface area contributed by atoms with Crippen LogP contribution >= 0.6 is 22.6 Å². The first kappa shape index (κ1) is 17.0. The molecule has 0 spiro atoms. The zero-order valence-corrected chi connectivity index (χ0v) is 13.8. The zero-order chi connectivity index (χ0) is 16.3. The van der Waals surface area contributed by atoms with Gasteiger partial charge in [-0.2, -0.15) is 0 Å². The Bertz CT molecular complexity index is 717. The molecular weight excluding hydrogens is 408 g/mol. The largest absolute Gasteiger partial charge is 0.377 e. The maximum Gasteiger partial charge on any atom is 0.188 e. The van der Waals surface area contributed by atoms with Gasteiger partial charge in [0.2, 0.25) is 0 Å². The number of ether oxygens (including phenoxy) is 1. The second kappa shape index (κ2) is 7.23. The zero-order valence-electron chi connectivity index (χ0n) is 11.6. The minimum atomic E-state index is -1.14. The average molecular weight is 420 g/mol. The first-order valence-electron chi connectivity index (χ1n) is 6.37. The number of hydrogen-bond donors (Lipinski definition) is 0. The third kappa shape index (κ3) is 3.67. The van der Waals surface area contributed by atoms with E-state index in [1.54, 1.807) is 6.07 Å². The van der Waals surface area contributed by atoms with Crippen LogP contribution in [0.1, 0.15) is 21.5 Å². The summed E-state index contributed by atoms with van der Waals surface area (Å²) in [5.41, 5.74) is 0.0252. The number of carbonyl (C=O) groups excluding carboxylic acids is 1. The molecular formula is C16H12F3IO2. The summed E-state index contributed by atoms with van der Waals surface area (Å²) in [7, 11) is 1.33. The fraction of sp³-hybridized carbons (Fsp3) is 0.188. The van der Waals surface area contributed by atoms with Crippen LogP contribution < -0.4 is 0 Å². The van der Waals surface area contributed by atoms with E-state index < -0.39 is 23.2 Å². The number of hydrogen-bond acceptors (Lipinski definition) is 2. The summed E-state index contributed by atoms with van der Waals surface area (Å²) < 4.78 is 46.9. The number of Topliss-reactive ketones (excluding diaryl/α,β-unsaturated/α-hetero) is 1. The Morgan fingerprint density at radius 2 is 1.86 bits per heavy atom. The Hall–Kier alpha value is -1.41. The van der Waals surface area contributed by atoms with Crippen LogP contribution in [-0.2, 0) is 11.2 Å². The van der Waals surface area contributed by atoms with E-state index in [4.69, 9.17) is 4.74 Å². The van der Waals surface area contributed by atoms with Gasteiger partial charge in [-0.25, -0.2) is 13.2 Å². The van der Waals surface area contributed by atoms with Gasteiger partial charge in [0, 0.05) is 28.2 Å². The lowest BCUT2D eigenvalue weighted by Crippen LogP contribution is -2.13. The van der Waals surface area contributed by atoms with Crippen molar-refractivity contribution in [2.45, 2.75) is 6.42 Å². The van der Waals surface area contributed by atoms with Crippen molar-refractivity contribution in [1.82, 2.24) is 0 Å². The van der Waals surface area contributed by atoms with Crippen LogP contribution in [0, 0.1) is 21.0 Å². The van der Waals surface area contributed by atoms with E-state index >= 15 is 0 Å². The molecule has 0 atom stereocenters. The van der Waals surface area contributed by atoms with E-state index in [1.165, 1.54) is 25.3 Å². The molecule has 0 bridgehead atoms. The van der Waals surface area contributed by atoms with E-state index in [-0.39, 0.29) is 29.7 Å². The molecule has 6 heteroatoms. The van der Waals surface area contributed by atoms with Crippen LogP contribution in [0.4, 0.5) is 13.2 Å².